The van der Waals surface area contributed by atoms with E-state index in [1.807, 2.05) is 32.0 Å². The van der Waals surface area contributed by atoms with E-state index in [9.17, 15) is 9.59 Å². The fourth-order valence-corrected chi connectivity index (χ4v) is 3.75. The zero-order valence-electron chi connectivity index (χ0n) is 16.7. The Labute approximate surface area is 183 Å². The average Bonchev–Trinajstić information content (AvgIpc) is 3.26. The van der Waals surface area contributed by atoms with Crippen molar-refractivity contribution in [2.45, 2.75) is 24.0 Å². The molecule has 0 aliphatic rings. The van der Waals surface area contributed by atoms with Crippen molar-refractivity contribution in [3.05, 3.63) is 71.1 Å². The Morgan fingerprint density at radius 1 is 1.13 bits per heavy atom. The van der Waals surface area contributed by atoms with Gasteiger partial charge < -0.3 is 19.8 Å². The van der Waals surface area contributed by atoms with Crippen molar-refractivity contribution in [1.29, 1.82) is 0 Å². The second-order valence-electron chi connectivity index (χ2n) is 6.51. The third kappa shape index (κ3) is 5.37. The number of carbonyl (C=O) groups is 2. The van der Waals surface area contributed by atoms with Gasteiger partial charge in [-0.2, -0.15) is 0 Å². The number of carbonyl (C=O) groups excluding carboxylic acids is 2. The largest absolute Gasteiger partial charge is 0.495 e. The number of nitrogens with one attached hydrogen (secondary N) is 2. The summed E-state index contributed by atoms with van der Waals surface area (Å²) in [6.45, 7) is 3.67. The van der Waals surface area contributed by atoms with Crippen LogP contribution in [-0.2, 0) is 4.79 Å². The number of aryl methyl sites for hydroxylation is 1. The summed E-state index contributed by atoms with van der Waals surface area (Å²) in [5.74, 6) is 0.218. The van der Waals surface area contributed by atoms with Crippen LogP contribution in [0.2, 0.25) is 5.02 Å². The predicted octanol–water partition coefficient (Wildman–Crippen LogP) is 5.62. The molecule has 0 saturated heterocycles. The van der Waals surface area contributed by atoms with E-state index in [2.05, 4.69) is 10.6 Å². The van der Waals surface area contributed by atoms with Crippen molar-refractivity contribution < 1.29 is 18.7 Å². The van der Waals surface area contributed by atoms with Gasteiger partial charge >= 0.3 is 0 Å². The van der Waals surface area contributed by atoms with Gasteiger partial charge in [0.1, 0.15) is 5.75 Å². The molecule has 156 valence electrons. The highest BCUT2D eigenvalue weighted by Gasteiger charge is 2.18. The second kappa shape index (κ2) is 9.73. The number of ether oxygens (including phenoxy) is 1. The number of methoxy groups -OCH3 is 1. The fourth-order valence-electron chi connectivity index (χ4n) is 2.67. The van der Waals surface area contributed by atoms with Crippen LogP contribution < -0.4 is 15.4 Å². The summed E-state index contributed by atoms with van der Waals surface area (Å²) in [6, 6.07) is 14.0. The molecule has 0 saturated carbocycles. The molecule has 30 heavy (non-hydrogen) atoms. The second-order valence-corrected chi connectivity index (χ2v) is 8.33. The summed E-state index contributed by atoms with van der Waals surface area (Å²) >= 11 is 7.50. The standard InChI is InChI=1S/C22H21ClN2O4S/c1-13-10-18(20(28-3)12-17(13)23)25-21(26)14(2)30-16-7-4-6-15(11-16)24-22(27)19-8-5-9-29-19/h4-12,14H,1-3H3,(H,24,27)(H,25,26). The number of hydrogen-bond acceptors (Lipinski definition) is 5. The topological polar surface area (TPSA) is 80.6 Å². The summed E-state index contributed by atoms with van der Waals surface area (Å²) in [7, 11) is 1.53. The molecule has 0 spiro atoms. The lowest BCUT2D eigenvalue weighted by Crippen LogP contribution is -2.22. The Bertz CT molecular complexity index is 1050. The van der Waals surface area contributed by atoms with Crippen LogP contribution >= 0.6 is 23.4 Å². The number of anilines is 2. The van der Waals surface area contributed by atoms with Crippen LogP contribution in [0.4, 0.5) is 11.4 Å². The minimum absolute atomic E-state index is 0.176. The zero-order valence-corrected chi connectivity index (χ0v) is 18.3. The monoisotopic (exact) mass is 444 g/mol. The van der Waals surface area contributed by atoms with E-state index in [1.165, 1.54) is 25.1 Å². The number of hydrogen-bond donors (Lipinski definition) is 2. The molecule has 6 nitrogen and oxygen atoms in total. The van der Waals surface area contributed by atoms with Gasteiger partial charge in [-0.3, -0.25) is 9.59 Å². The summed E-state index contributed by atoms with van der Waals surface area (Å²) < 4.78 is 10.4. The van der Waals surface area contributed by atoms with E-state index in [0.717, 1.165) is 10.5 Å². The Morgan fingerprint density at radius 3 is 2.63 bits per heavy atom. The van der Waals surface area contributed by atoms with Crippen molar-refractivity contribution in [2.75, 3.05) is 17.7 Å². The molecule has 8 heteroatoms. The third-order valence-electron chi connectivity index (χ3n) is 4.26. The molecule has 1 unspecified atom stereocenters. The first kappa shape index (κ1) is 21.8. The Kier molecular flexibility index (Phi) is 7.07. The molecule has 1 heterocycles. The number of halogens is 1. The number of benzene rings is 2. The summed E-state index contributed by atoms with van der Waals surface area (Å²) in [5.41, 5.74) is 2.02. The number of rotatable bonds is 7. The maximum absolute atomic E-state index is 12.7. The Hall–Kier alpha value is -2.90. The van der Waals surface area contributed by atoms with Crippen LogP contribution in [0, 0.1) is 6.92 Å². The predicted molar refractivity (Wildman–Crippen MR) is 120 cm³/mol. The molecule has 0 aliphatic heterocycles. The number of furan rings is 1. The van der Waals surface area contributed by atoms with Crippen LogP contribution in [0.1, 0.15) is 23.0 Å². The van der Waals surface area contributed by atoms with Crippen LogP contribution in [0.3, 0.4) is 0 Å². The first-order valence-electron chi connectivity index (χ1n) is 9.14. The van der Waals surface area contributed by atoms with Crippen molar-refractivity contribution in [3.63, 3.8) is 0 Å². The smallest absolute Gasteiger partial charge is 0.291 e. The minimum atomic E-state index is -0.387. The van der Waals surface area contributed by atoms with Gasteiger partial charge in [0.05, 0.1) is 24.3 Å². The molecule has 2 amide bonds. The third-order valence-corrected chi connectivity index (χ3v) is 5.76. The molecule has 1 atom stereocenters. The fraction of sp³-hybridized carbons (Fsp3) is 0.182. The molecule has 3 aromatic rings. The normalized spacial score (nSPS) is 11.6. The van der Waals surface area contributed by atoms with Gasteiger partial charge in [-0.05, 0) is 55.8 Å². The molecular weight excluding hydrogens is 424 g/mol. The maximum atomic E-state index is 12.7. The van der Waals surface area contributed by atoms with E-state index in [4.69, 9.17) is 20.8 Å². The first-order valence-corrected chi connectivity index (χ1v) is 10.4. The highest BCUT2D eigenvalue weighted by molar-refractivity contribution is 8.00. The van der Waals surface area contributed by atoms with Crippen LogP contribution in [0.15, 0.2) is 64.1 Å². The molecule has 0 aliphatic carbocycles. The molecule has 1 aromatic heterocycles. The zero-order chi connectivity index (χ0) is 21.7. The lowest BCUT2D eigenvalue weighted by Gasteiger charge is -2.16. The minimum Gasteiger partial charge on any atom is -0.495 e. The average molecular weight is 445 g/mol. The highest BCUT2D eigenvalue weighted by atomic mass is 35.5. The maximum Gasteiger partial charge on any atom is 0.291 e. The lowest BCUT2D eigenvalue weighted by molar-refractivity contribution is -0.115. The number of thioether (sulfide) groups is 1. The molecule has 3 rings (SSSR count). The van der Waals surface area contributed by atoms with Gasteiger partial charge in [-0.1, -0.05) is 17.7 Å². The quantitative estimate of drug-likeness (QED) is 0.462. The summed E-state index contributed by atoms with van der Waals surface area (Å²) in [4.78, 5) is 25.7. The van der Waals surface area contributed by atoms with E-state index < -0.39 is 0 Å². The Morgan fingerprint density at radius 2 is 1.93 bits per heavy atom. The van der Waals surface area contributed by atoms with Gasteiger partial charge in [0.2, 0.25) is 5.91 Å². The van der Waals surface area contributed by atoms with E-state index in [-0.39, 0.29) is 22.8 Å². The molecule has 2 N–H and O–H groups in total. The van der Waals surface area contributed by atoms with E-state index >= 15 is 0 Å². The van der Waals surface area contributed by atoms with Crippen molar-refractivity contribution in [1.82, 2.24) is 0 Å². The molecule has 0 fully saturated rings. The van der Waals surface area contributed by atoms with E-state index in [1.54, 1.807) is 30.3 Å². The molecular formula is C22H21ClN2O4S. The van der Waals surface area contributed by atoms with Crippen LogP contribution in [0.5, 0.6) is 5.75 Å². The Balaban J connectivity index is 1.66. The van der Waals surface area contributed by atoms with E-state index in [0.29, 0.717) is 22.1 Å². The lowest BCUT2D eigenvalue weighted by atomic mass is 10.2. The SMILES string of the molecule is COc1cc(Cl)c(C)cc1NC(=O)C(C)Sc1cccc(NC(=O)c2ccco2)c1. The van der Waals surface area contributed by atoms with Crippen molar-refractivity contribution in [3.8, 4) is 5.75 Å². The van der Waals surface area contributed by atoms with Gasteiger partial charge in [0.25, 0.3) is 5.91 Å². The summed E-state index contributed by atoms with van der Waals surface area (Å²) in [5, 5.41) is 5.85. The van der Waals surface area contributed by atoms with Crippen LogP contribution in [0.25, 0.3) is 0 Å². The summed E-state index contributed by atoms with van der Waals surface area (Å²) in [6.07, 6.45) is 1.44. The molecule has 0 bridgehead atoms. The molecule has 2 aromatic carbocycles. The number of amides is 2. The van der Waals surface area contributed by atoms with Crippen LogP contribution in [-0.4, -0.2) is 24.2 Å². The van der Waals surface area contributed by atoms with Gasteiger partial charge in [0.15, 0.2) is 5.76 Å². The van der Waals surface area contributed by atoms with Crippen molar-refractivity contribution >= 4 is 46.6 Å². The highest BCUT2D eigenvalue weighted by Crippen LogP contribution is 2.32. The first-order chi connectivity index (χ1) is 14.4. The van der Waals surface area contributed by atoms with Gasteiger partial charge in [-0.15, -0.1) is 11.8 Å². The molecule has 0 radical (unpaired) electrons. The van der Waals surface area contributed by atoms with Gasteiger partial charge in [0, 0.05) is 21.7 Å². The van der Waals surface area contributed by atoms with Crippen molar-refractivity contribution in [2.24, 2.45) is 0 Å². The van der Waals surface area contributed by atoms with Gasteiger partial charge in [-0.25, -0.2) is 0 Å².